The number of aryl methyl sites for hydroxylation is 1. The Morgan fingerprint density at radius 1 is 1.14 bits per heavy atom. The zero-order valence-electron chi connectivity index (χ0n) is 17.3. The van der Waals surface area contributed by atoms with Crippen LogP contribution in [0.25, 0.3) is 11.3 Å². The van der Waals surface area contributed by atoms with E-state index in [4.69, 9.17) is 0 Å². The van der Waals surface area contributed by atoms with Crippen molar-refractivity contribution < 1.29 is 9.59 Å². The lowest BCUT2D eigenvalue weighted by molar-refractivity contribution is -0.130. The zero-order chi connectivity index (χ0) is 20.5. The Kier molecular flexibility index (Phi) is 7.85. The van der Waals surface area contributed by atoms with Gasteiger partial charge < -0.3 is 10.2 Å². The fourth-order valence-electron chi connectivity index (χ4n) is 3.34. The second kappa shape index (κ2) is 10.8. The molecule has 0 radical (unpaired) electrons. The number of hydrogen-bond acceptors (Lipinski definition) is 3. The second-order valence-corrected chi connectivity index (χ2v) is 7.94. The Hall–Kier alpha value is -2.63. The minimum atomic E-state index is 0.152. The number of nitrogens with one attached hydrogen (secondary N) is 2. The third-order valence-electron chi connectivity index (χ3n) is 5.38. The Morgan fingerprint density at radius 2 is 1.93 bits per heavy atom. The van der Waals surface area contributed by atoms with E-state index in [2.05, 4.69) is 33.7 Å². The highest BCUT2D eigenvalue weighted by molar-refractivity contribution is 5.81. The van der Waals surface area contributed by atoms with E-state index in [-0.39, 0.29) is 17.7 Å². The average molecular weight is 397 g/mol. The summed E-state index contributed by atoms with van der Waals surface area (Å²) in [5.41, 5.74) is 3.27. The summed E-state index contributed by atoms with van der Waals surface area (Å²) in [7, 11) is 1.87. The molecule has 0 atom stereocenters. The van der Waals surface area contributed by atoms with Crippen LogP contribution in [0.2, 0.25) is 0 Å². The average Bonchev–Trinajstić information content (AvgIpc) is 3.49. The number of rotatable bonds is 12. The van der Waals surface area contributed by atoms with Gasteiger partial charge in [-0.25, -0.2) is 0 Å². The number of H-pyrrole nitrogens is 1. The first-order valence-corrected chi connectivity index (χ1v) is 10.7. The lowest BCUT2D eigenvalue weighted by Crippen LogP contribution is -2.30. The predicted octanol–water partition coefficient (Wildman–Crippen LogP) is 3.55. The number of carbonyl (C=O) groups is 2. The fourth-order valence-corrected chi connectivity index (χ4v) is 3.34. The normalized spacial score (nSPS) is 13.3. The topological polar surface area (TPSA) is 78.1 Å². The van der Waals surface area contributed by atoms with Gasteiger partial charge in [-0.1, -0.05) is 36.8 Å². The van der Waals surface area contributed by atoms with E-state index in [9.17, 15) is 9.59 Å². The molecule has 0 saturated heterocycles. The van der Waals surface area contributed by atoms with Crippen molar-refractivity contribution in [1.29, 1.82) is 0 Å². The van der Waals surface area contributed by atoms with Crippen LogP contribution in [0.1, 0.15) is 50.6 Å². The summed E-state index contributed by atoms with van der Waals surface area (Å²) >= 11 is 0. The molecule has 1 aliphatic rings. The largest absolute Gasteiger partial charge is 0.356 e. The van der Waals surface area contributed by atoms with Gasteiger partial charge in [-0.2, -0.15) is 5.10 Å². The number of nitrogens with zero attached hydrogens (tertiary/aromatic N) is 2. The molecule has 1 saturated carbocycles. The van der Waals surface area contributed by atoms with Crippen molar-refractivity contribution >= 4 is 11.8 Å². The van der Waals surface area contributed by atoms with Gasteiger partial charge in [0.2, 0.25) is 11.8 Å². The molecule has 1 aromatic heterocycles. The van der Waals surface area contributed by atoms with Crippen LogP contribution in [0.3, 0.4) is 0 Å². The standard InChI is InChI=1S/C23H32N4O2/c1-27(22(28)12-8-15-24-23(29)19-13-14-19)16-7-3-6-11-20-17-21(26-25-20)18-9-4-2-5-10-18/h2,4-5,9-10,17,19H,3,6-8,11-16H2,1H3,(H,24,29)(H,25,26). The molecule has 1 aliphatic carbocycles. The predicted molar refractivity (Wildman–Crippen MR) is 114 cm³/mol. The lowest BCUT2D eigenvalue weighted by Gasteiger charge is -2.17. The molecule has 3 rings (SSSR count). The van der Waals surface area contributed by atoms with Crippen molar-refractivity contribution in [2.75, 3.05) is 20.1 Å². The van der Waals surface area contributed by atoms with Crippen molar-refractivity contribution in [2.24, 2.45) is 5.92 Å². The number of unbranched alkanes of at least 4 members (excludes halogenated alkanes) is 2. The second-order valence-electron chi connectivity index (χ2n) is 7.94. The molecule has 6 nitrogen and oxygen atoms in total. The molecule has 2 aromatic rings. The molecule has 29 heavy (non-hydrogen) atoms. The number of aromatic amines is 1. The SMILES string of the molecule is CN(CCCCCc1cc(-c2ccccc2)n[nH]1)C(=O)CCCNC(=O)C1CC1. The van der Waals surface area contributed by atoms with Crippen LogP contribution in [0, 0.1) is 5.92 Å². The minimum Gasteiger partial charge on any atom is -0.356 e. The summed E-state index contributed by atoms with van der Waals surface area (Å²) in [6, 6.07) is 12.3. The summed E-state index contributed by atoms with van der Waals surface area (Å²) in [5, 5.41) is 10.4. The fraction of sp³-hybridized carbons (Fsp3) is 0.522. The van der Waals surface area contributed by atoms with Gasteiger partial charge in [0.1, 0.15) is 0 Å². The van der Waals surface area contributed by atoms with Crippen LogP contribution in [-0.4, -0.2) is 47.0 Å². The van der Waals surface area contributed by atoms with Gasteiger partial charge in [0, 0.05) is 43.7 Å². The number of hydrogen-bond donors (Lipinski definition) is 2. The Labute approximate surface area is 173 Å². The summed E-state index contributed by atoms with van der Waals surface area (Å²) in [4.78, 5) is 25.5. The van der Waals surface area contributed by atoms with Crippen LogP contribution in [-0.2, 0) is 16.0 Å². The van der Waals surface area contributed by atoms with Crippen LogP contribution < -0.4 is 5.32 Å². The van der Waals surface area contributed by atoms with Crippen LogP contribution in [0.4, 0.5) is 0 Å². The maximum absolute atomic E-state index is 12.2. The highest BCUT2D eigenvalue weighted by Crippen LogP contribution is 2.28. The molecule has 1 fully saturated rings. The number of benzene rings is 1. The molecule has 0 bridgehead atoms. The first-order chi connectivity index (χ1) is 14.1. The summed E-state index contributed by atoms with van der Waals surface area (Å²) in [5.74, 6) is 0.547. The smallest absolute Gasteiger partial charge is 0.223 e. The molecule has 0 spiro atoms. The first-order valence-electron chi connectivity index (χ1n) is 10.7. The maximum atomic E-state index is 12.2. The molecular formula is C23H32N4O2. The Morgan fingerprint density at radius 3 is 2.69 bits per heavy atom. The molecule has 1 aromatic carbocycles. The van der Waals surface area contributed by atoms with E-state index in [1.807, 2.05) is 30.1 Å². The molecule has 2 amide bonds. The Bertz CT molecular complexity index is 783. The van der Waals surface area contributed by atoms with Gasteiger partial charge in [0.25, 0.3) is 0 Å². The summed E-state index contributed by atoms with van der Waals surface area (Å²) < 4.78 is 0. The third-order valence-corrected chi connectivity index (χ3v) is 5.38. The van der Waals surface area contributed by atoms with Crippen molar-refractivity contribution in [1.82, 2.24) is 20.4 Å². The van der Waals surface area contributed by atoms with E-state index in [1.54, 1.807) is 0 Å². The van der Waals surface area contributed by atoms with Crippen molar-refractivity contribution in [2.45, 2.75) is 51.4 Å². The molecule has 156 valence electrons. The van der Waals surface area contributed by atoms with Crippen LogP contribution in [0.5, 0.6) is 0 Å². The zero-order valence-corrected chi connectivity index (χ0v) is 17.3. The molecule has 6 heteroatoms. The maximum Gasteiger partial charge on any atom is 0.223 e. The number of amides is 2. The van der Waals surface area contributed by atoms with Gasteiger partial charge in [0.15, 0.2) is 0 Å². The van der Waals surface area contributed by atoms with Crippen LogP contribution >= 0.6 is 0 Å². The lowest BCUT2D eigenvalue weighted by atomic mass is 10.1. The van der Waals surface area contributed by atoms with Crippen molar-refractivity contribution in [3.05, 3.63) is 42.1 Å². The van der Waals surface area contributed by atoms with E-state index in [1.165, 1.54) is 0 Å². The molecule has 1 heterocycles. The van der Waals surface area contributed by atoms with Gasteiger partial charge in [-0.15, -0.1) is 0 Å². The molecular weight excluding hydrogens is 364 g/mol. The van der Waals surface area contributed by atoms with E-state index in [0.29, 0.717) is 19.4 Å². The highest BCUT2D eigenvalue weighted by Gasteiger charge is 2.29. The molecule has 0 unspecified atom stereocenters. The first kappa shape index (κ1) is 21.1. The van der Waals surface area contributed by atoms with Crippen LogP contribution in [0.15, 0.2) is 36.4 Å². The Balaban J connectivity index is 1.24. The highest BCUT2D eigenvalue weighted by atomic mass is 16.2. The molecule has 2 N–H and O–H groups in total. The molecule has 0 aliphatic heterocycles. The number of aromatic nitrogens is 2. The van der Waals surface area contributed by atoms with Gasteiger partial charge in [-0.05, 0) is 44.6 Å². The summed E-state index contributed by atoms with van der Waals surface area (Å²) in [6.45, 7) is 1.38. The third kappa shape index (κ3) is 7.04. The number of carbonyl (C=O) groups excluding carboxylic acids is 2. The van der Waals surface area contributed by atoms with Crippen molar-refractivity contribution in [3.63, 3.8) is 0 Å². The summed E-state index contributed by atoms with van der Waals surface area (Å²) in [6.07, 6.45) is 7.37. The quantitative estimate of drug-likeness (QED) is 0.539. The van der Waals surface area contributed by atoms with E-state index in [0.717, 1.165) is 62.0 Å². The van der Waals surface area contributed by atoms with Gasteiger partial charge in [-0.3, -0.25) is 14.7 Å². The van der Waals surface area contributed by atoms with Gasteiger partial charge >= 0.3 is 0 Å². The van der Waals surface area contributed by atoms with E-state index < -0.39 is 0 Å². The minimum absolute atomic E-state index is 0.152. The van der Waals surface area contributed by atoms with Gasteiger partial charge in [0.05, 0.1) is 5.69 Å². The monoisotopic (exact) mass is 396 g/mol. The van der Waals surface area contributed by atoms with Crippen molar-refractivity contribution in [3.8, 4) is 11.3 Å². The van der Waals surface area contributed by atoms with E-state index >= 15 is 0 Å².